The van der Waals surface area contributed by atoms with Crippen LogP contribution in [0.15, 0.2) is 0 Å². The molecule has 0 saturated carbocycles. The van der Waals surface area contributed by atoms with Crippen molar-refractivity contribution in [3.63, 3.8) is 0 Å². The number of quaternary nitrogens is 1. The van der Waals surface area contributed by atoms with E-state index < -0.39 is 10.4 Å². The van der Waals surface area contributed by atoms with E-state index in [4.69, 9.17) is 0 Å². The van der Waals surface area contributed by atoms with Crippen molar-refractivity contribution < 1.29 is 21.6 Å². The third-order valence-electron chi connectivity index (χ3n) is 10.4. The van der Waals surface area contributed by atoms with Crippen molar-refractivity contribution in [1.29, 1.82) is 0 Å². The van der Waals surface area contributed by atoms with Gasteiger partial charge in [0.25, 0.3) is 0 Å². The molecule has 0 heterocycles. The summed E-state index contributed by atoms with van der Waals surface area (Å²) in [6.07, 6.45) is 52.9. The van der Waals surface area contributed by atoms with Gasteiger partial charge in [-0.15, -0.1) is 0 Å². The molecule has 0 aliphatic rings. The van der Waals surface area contributed by atoms with Crippen LogP contribution >= 0.6 is 0 Å². The minimum Gasteiger partial charge on any atom is -0.726 e. The fourth-order valence-corrected chi connectivity index (χ4v) is 6.99. The summed E-state index contributed by atoms with van der Waals surface area (Å²) in [5.74, 6) is 0. The lowest BCUT2D eigenvalue weighted by Gasteiger charge is -2.30. The van der Waals surface area contributed by atoms with Gasteiger partial charge in [0, 0.05) is 0 Å². The Balaban J connectivity index is 0. The van der Waals surface area contributed by atoms with Gasteiger partial charge in [0.2, 0.25) is 10.4 Å². The number of rotatable bonds is 39. The third-order valence-corrected chi connectivity index (χ3v) is 10.8. The first-order valence-corrected chi connectivity index (χ1v) is 23.3. The quantitative estimate of drug-likeness (QED) is 0.0275. The molecule has 5 nitrogen and oxygen atoms in total. The highest BCUT2D eigenvalue weighted by molar-refractivity contribution is 7.80. The van der Waals surface area contributed by atoms with Crippen LogP contribution in [0.3, 0.4) is 0 Å². The highest BCUT2D eigenvalue weighted by Crippen LogP contribution is 2.17. The Morgan fingerprint density at radius 3 is 0.653 bits per heavy atom. The van der Waals surface area contributed by atoms with Gasteiger partial charge >= 0.3 is 0 Å². The maximum atomic E-state index is 9.22. The molecule has 0 aliphatic carbocycles. The van der Waals surface area contributed by atoms with Crippen LogP contribution in [0, 0.1) is 0 Å². The zero-order valence-corrected chi connectivity index (χ0v) is 35.2. The van der Waals surface area contributed by atoms with Crippen molar-refractivity contribution in [3.05, 3.63) is 0 Å². The average molecular weight is 718 g/mol. The molecule has 0 bridgehead atoms. The van der Waals surface area contributed by atoms with E-state index in [1.165, 1.54) is 249 Å². The standard InChI is InChI=1S/C42H88N.CH4O4S/c1-5-7-9-11-13-15-17-19-21-23-25-27-29-31-33-35-37-39-41-43(3,4)42-40-38-36-34-32-30-28-26-24-22-20-18-16-14-12-10-8-6-2;1-5-6(2,3)4/h5-42H2,1-4H3;1H3,(H,2,3,4)/q+1;/p-1. The van der Waals surface area contributed by atoms with Crippen molar-refractivity contribution in [1.82, 2.24) is 0 Å². The highest BCUT2D eigenvalue weighted by Gasteiger charge is 2.13. The molecule has 0 radical (unpaired) electrons. The number of nitrogens with zero attached hydrogens (tertiary/aromatic N) is 1. The van der Waals surface area contributed by atoms with Gasteiger partial charge in [0.05, 0.1) is 34.3 Å². The number of hydrogen-bond donors (Lipinski definition) is 0. The molecular formula is C43H91NO4S. The van der Waals surface area contributed by atoms with E-state index in [0.29, 0.717) is 0 Å². The van der Waals surface area contributed by atoms with Crippen LogP contribution in [0.25, 0.3) is 0 Å². The SMILES string of the molecule is CCCCCCCCCCCCCCCCCCCC[N+](C)(C)CCCCCCCCCCCCCCCCCCCC.COS(=O)(=O)[O-]. The third kappa shape index (κ3) is 50.0. The van der Waals surface area contributed by atoms with Crippen molar-refractivity contribution in [2.75, 3.05) is 34.3 Å². The van der Waals surface area contributed by atoms with Crippen molar-refractivity contribution >= 4 is 10.4 Å². The lowest BCUT2D eigenvalue weighted by molar-refractivity contribution is -0.890. The predicted octanol–water partition coefficient (Wildman–Crippen LogP) is 14.2. The average Bonchev–Trinajstić information content (AvgIpc) is 3.07. The van der Waals surface area contributed by atoms with Gasteiger partial charge in [-0.25, -0.2) is 8.42 Å². The zero-order valence-electron chi connectivity index (χ0n) is 34.4. The van der Waals surface area contributed by atoms with Gasteiger partial charge in [-0.2, -0.15) is 0 Å². The highest BCUT2D eigenvalue weighted by atomic mass is 32.3. The van der Waals surface area contributed by atoms with Gasteiger partial charge in [-0.3, -0.25) is 4.18 Å². The Morgan fingerprint density at radius 1 is 0.367 bits per heavy atom. The van der Waals surface area contributed by atoms with Gasteiger partial charge < -0.3 is 9.04 Å². The summed E-state index contributed by atoms with van der Waals surface area (Å²) in [6, 6.07) is 0. The Kier molecular flexibility index (Phi) is 42.2. The second kappa shape index (κ2) is 40.6. The maximum absolute atomic E-state index is 9.22. The van der Waals surface area contributed by atoms with Crippen LogP contribution in [0.5, 0.6) is 0 Å². The second-order valence-electron chi connectivity index (χ2n) is 16.0. The van der Waals surface area contributed by atoms with Gasteiger partial charge in [0.1, 0.15) is 0 Å². The molecule has 0 aromatic rings. The van der Waals surface area contributed by atoms with Gasteiger partial charge in [-0.1, -0.05) is 219 Å². The molecule has 298 valence electrons. The molecule has 0 aromatic carbocycles. The second-order valence-corrected chi connectivity index (χ2v) is 17.1. The molecule has 0 aliphatic heterocycles. The summed E-state index contributed by atoms with van der Waals surface area (Å²) in [6.45, 7) is 7.39. The van der Waals surface area contributed by atoms with Crippen LogP contribution in [0.1, 0.15) is 245 Å². The molecule has 0 rings (SSSR count). The first-order valence-electron chi connectivity index (χ1n) is 22.0. The summed E-state index contributed by atoms with van der Waals surface area (Å²) in [5, 5.41) is 0. The summed E-state index contributed by atoms with van der Waals surface area (Å²) in [7, 11) is 1.34. The van der Waals surface area contributed by atoms with Gasteiger partial charge in [-0.05, 0) is 25.7 Å². The van der Waals surface area contributed by atoms with E-state index in [1.54, 1.807) is 0 Å². The monoisotopic (exact) mass is 718 g/mol. The van der Waals surface area contributed by atoms with Crippen molar-refractivity contribution in [3.8, 4) is 0 Å². The molecule has 0 amide bonds. The van der Waals surface area contributed by atoms with Crippen LogP contribution in [-0.4, -0.2) is 51.7 Å². The molecule has 0 unspecified atom stereocenters. The lowest BCUT2D eigenvalue weighted by Crippen LogP contribution is -2.41. The Hall–Kier alpha value is -0.170. The summed E-state index contributed by atoms with van der Waals surface area (Å²) in [5.41, 5.74) is 0. The topological polar surface area (TPSA) is 66.4 Å². The number of hydrogen-bond acceptors (Lipinski definition) is 4. The molecule has 0 saturated heterocycles. The Labute approximate surface area is 310 Å². The largest absolute Gasteiger partial charge is 0.726 e. The van der Waals surface area contributed by atoms with Gasteiger partial charge in [0.15, 0.2) is 0 Å². The summed E-state index contributed by atoms with van der Waals surface area (Å²) >= 11 is 0. The zero-order chi connectivity index (χ0) is 36.6. The Morgan fingerprint density at radius 2 is 0.510 bits per heavy atom. The molecular weight excluding hydrogens is 627 g/mol. The first kappa shape index (κ1) is 50.9. The van der Waals surface area contributed by atoms with E-state index in [9.17, 15) is 13.0 Å². The van der Waals surface area contributed by atoms with Crippen molar-refractivity contribution in [2.45, 2.75) is 245 Å². The van der Waals surface area contributed by atoms with Crippen LogP contribution in [-0.2, 0) is 14.6 Å². The van der Waals surface area contributed by atoms with Crippen LogP contribution < -0.4 is 0 Å². The first-order chi connectivity index (χ1) is 23.7. The lowest BCUT2D eigenvalue weighted by atomic mass is 10.0. The molecule has 0 fully saturated rings. The fourth-order valence-electron chi connectivity index (χ4n) is 6.99. The van der Waals surface area contributed by atoms with E-state index in [1.807, 2.05) is 0 Å². The smallest absolute Gasteiger partial charge is 0.217 e. The van der Waals surface area contributed by atoms with Crippen molar-refractivity contribution in [2.24, 2.45) is 0 Å². The Bertz CT molecular complexity index is 671. The molecule has 0 atom stereocenters. The van der Waals surface area contributed by atoms with Crippen LogP contribution in [0.4, 0.5) is 0 Å². The normalized spacial score (nSPS) is 12.0. The van der Waals surface area contributed by atoms with E-state index >= 15 is 0 Å². The molecule has 49 heavy (non-hydrogen) atoms. The summed E-state index contributed by atoms with van der Waals surface area (Å²) < 4.78 is 32.3. The predicted molar refractivity (Wildman–Crippen MR) is 216 cm³/mol. The summed E-state index contributed by atoms with van der Waals surface area (Å²) in [4.78, 5) is 0. The van der Waals surface area contributed by atoms with E-state index in [0.717, 1.165) is 7.11 Å². The minimum atomic E-state index is -4.41. The molecule has 0 spiro atoms. The molecule has 0 N–H and O–H groups in total. The van der Waals surface area contributed by atoms with E-state index in [-0.39, 0.29) is 0 Å². The fraction of sp³-hybridized carbons (Fsp3) is 1.00. The minimum absolute atomic E-state index is 0.808. The number of unbranched alkanes of at least 4 members (excludes halogenated alkanes) is 34. The van der Waals surface area contributed by atoms with Crippen LogP contribution in [0.2, 0.25) is 0 Å². The maximum Gasteiger partial charge on any atom is 0.217 e. The molecule has 0 aromatic heterocycles. The van der Waals surface area contributed by atoms with E-state index in [2.05, 4.69) is 32.1 Å². The molecule has 6 heteroatoms.